The van der Waals surface area contributed by atoms with Crippen LogP contribution in [-0.2, 0) is 41.6 Å². The van der Waals surface area contributed by atoms with Crippen molar-refractivity contribution < 1.29 is 33.4 Å². The van der Waals surface area contributed by atoms with Gasteiger partial charge >= 0.3 is 11.7 Å². The Kier molecular flexibility index (Phi) is 10.5. The number of piperidine rings is 2. The van der Waals surface area contributed by atoms with E-state index >= 15 is 0 Å². The summed E-state index contributed by atoms with van der Waals surface area (Å²) < 4.78 is 23.2. The number of para-hydroxylation sites is 1. The normalized spacial score (nSPS) is 17.1. The molecular formula is C39H41ClN10O9. The van der Waals surface area contributed by atoms with Gasteiger partial charge in [-0.3, -0.25) is 43.3 Å². The Morgan fingerprint density at radius 2 is 1.80 bits per heavy atom. The number of carbonyl (C=O) groups is 4. The van der Waals surface area contributed by atoms with Crippen LogP contribution in [0.1, 0.15) is 60.7 Å². The number of likely N-dealkylation sites (tertiary alicyclic amines) is 1. The van der Waals surface area contributed by atoms with Crippen LogP contribution in [0.25, 0.3) is 22.4 Å². The summed E-state index contributed by atoms with van der Waals surface area (Å²) >= 11 is 6.27. The number of halogens is 1. The third-order valence-corrected chi connectivity index (χ3v) is 11.3. The number of imidazole rings is 2. The van der Waals surface area contributed by atoms with Crippen LogP contribution in [0, 0.1) is 0 Å². The fourth-order valence-corrected chi connectivity index (χ4v) is 8.34. The molecule has 19 nitrogen and oxygen atoms in total. The van der Waals surface area contributed by atoms with Gasteiger partial charge in [0.25, 0.3) is 11.5 Å². The predicted octanol–water partition coefficient (Wildman–Crippen LogP) is 2.35. The molecule has 20 heteroatoms. The SMILES string of the molecule is COc1ncc(-c2nc3c(n2CCCC(=O)N2CCC(Oc4cccc5c4n(C)c(=O)n5C4CCC(=O)NC4=O)CC2)CN(c2cc(Cl)cn(C)c2=O)C3=O)c(OC)n1. The number of pyridine rings is 1. The summed E-state index contributed by atoms with van der Waals surface area (Å²) in [6.07, 6.45) is 4.82. The van der Waals surface area contributed by atoms with Gasteiger partial charge in [0.1, 0.15) is 34.9 Å². The maximum atomic E-state index is 13.8. The average Bonchev–Trinajstić information content (AvgIpc) is 3.83. The first kappa shape index (κ1) is 39.3. The molecule has 0 saturated carbocycles. The van der Waals surface area contributed by atoms with Crippen LogP contribution in [0.15, 0.2) is 46.2 Å². The van der Waals surface area contributed by atoms with E-state index in [0.29, 0.717) is 77.8 Å². The van der Waals surface area contributed by atoms with Crippen molar-refractivity contribution in [3.8, 4) is 29.0 Å². The molecule has 1 unspecified atom stereocenters. The Labute approximate surface area is 341 Å². The van der Waals surface area contributed by atoms with Gasteiger partial charge < -0.3 is 28.2 Å². The molecule has 1 aromatic carbocycles. The Balaban J connectivity index is 0.958. The molecule has 59 heavy (non-hydrogen) atoms. The summed E-state index contributed by atoms with van der Waals surface area (Å²) in [5.74, 6) is -0.344. The summed E-state index contributed by atoms with van der Waals surface area (Å²) in [4.78, 5) is 94.7. The first-order chi connectivity index (χ1) is 28.4. The topological polar surface area (TPSA) is 207 Å². The minimum atomic E-state index is -0.810. The van der Waals surface area contributed by atoms with Gasteiger partial charge in [0.05, 0.1) is 42.6 Å². The summed E-state index contributed by atoms with van der Waals surface area (Å²) in [7, 11) is 6.06. The highest BCUT2D eigenvalue weighted by molar-refractivity contribution is 6.30. The monoisotopic (exact) mass is 828 g/mol. The van der Waals surface area contributed by atoms with Gasteiger partial charge in [-0.1, -0.05) is 17.7 Å². The number of aryl methyl sites for hydroxylation is 2. The molecule has 0 bridgehead atoms. The highest BCUT2D eigenvalue weighted by atomic mass is 35.5. The second-order valence-corrected chi connectivity index (χ2v) is 15.1. The van der Waals surface area contributed by atoms with Crippen molar-refractivity contribution in [3.05, 3.63) is 73.9 Å². The van der Waals surface area contributed by atoms with Crippen LogP contribution >= 0.6 is 11.6 Å². The quantitative estimate of drug-likeness (QED) is 0.191. The number of fused-ring (bicyclic) bond motifs is 2. The van der Waals surface area contributed by atoms with E-state index in [2.05, 4.69) is 15.3 Å². The molecule has 0 spiro atoms. The molecule has 5 aromatic rings. The standard InChI is InChI=1S/C39H41ClN10O9/c1-45-19-21(40)17-26(36(45)54)49-20-27-31(37(49)55)43-33(23-18-41-38(58-4)44-35(23)57-3)48(27)14-6-9-30(52)47-15-12-22(13-16-47)59-28-8-5-7-24-32(28)46(2)39(56)50(24)25-10-11-29(51)42-34(25)53/h5,7-8,17-19,22,25H,6,9-16,20H2,1-4H3,(H,42,51,53). The molecule has 0 aliphatic carbocycles. The highest BCUT2D eigenvalue weighted by Gasteiger charge is 2.38. The van der Waals surface area contributed by atoms with Crippen molar-refractivity contribution in [2.45, 2.75) is 63.8 Å². The molecule has 4 aromatic heterocycles. The molecule has 7 heterocycles. The third-order valence-electron chi connectivity index (χ3n) is 11.0. The summed E-state index contributed by atoms with van der Waals surface area (Å²) in [5.41, 5.74) is 1.54. The van der Waals surface area contributed by atoms with Crippen LogP contribution in [0.3, 0.4) is 0 Å². The minimum Gasteiger partial charge on any atom is -0.488 e. The zero-order valence-corrected chi connectivity index (χ0v) is 33.5. The van der Waals surface area contributed by atoms with Crippen LogP contribution in [0.4, 0.5) is 5.69 Å². The number of nitrogens with zero attached hydrogens (tertiary/aromatic N) is 9. The molecule has 8 rings (SSSR count). The van der Waals surface area contributed by atoms with Gasteiger partial charge in [0.2, 0.25) is 23.6 Å². The number of carbonyl (C=O) groups excluding carboxylic acids is 4. The van der Waals surface area contributed by atoms with E-state index in [4.69, 9.17) is 30.8 Å². The van der Waals surface area contributed by atoms with E-state index in [1.54, 1.807) is 37.2 Å². The second-order valence-electron chi connectivity index (χ2n) is 14.6. The van der Waals surface area contributed by atoms with Crippen molar-refractivity contribution in [2.75, 3.05) is 32.2 Å². The number of rotatable bonds is 11. The maximum absolute atomic E-state index is 13.8. The van der Waals surface area contributed by atoms with Crippen molar-refractivity contribution >= 4 is 52.0 Å². The smallest absolute Gasteiger partial charge is 0.329 e. The molecule has 2 saturated heterocycles. The number of amides is 4. The van der Waals surface area contributed by atoms with Gasteiger partial charge in [0, 0.05) is 71.8 Å². The number of benzene rings is 1. The van der Waals surface area contributed by atoms with E-state index in [0.717, 1.165) is 0 Å². The number of imide groups is 1. The van der Waals surface area contributed by atoms with Gasteiger partial charge in [-0.15, -0.1) is 0 Å². The van der Waals surface area contributed by atoms with Gasteiger partial charge in [0.15, 0.2) is 5.69 Å². The first-order valence-corrected chi connectivity index (χ1v) is 19.5. The van der Waals surface area contributed by atoms with Crippen LogP contribution in [0.5, 0.6) is 17.6 Å². The first-order valence-electron chi connectivity index (χ1n) is 19.1. The van der Waals surface area contributed by atoms with Crippen molar-refractivity contribution in [2.24, 2.45) is 14.1 Å². The van der Waals surface area contributed by atoms with E-state index in [1.807, 2.05) is 4.57 Å². The molecule has 1 atom stereocenters. The number of hydrogen-bond acceptors (Lipinski definition) is 12. The lowest BCUT2D eigenvalue weighted by Crippen LogP contribution is -2.44. The number of nitrogens with one attached hydrogen (secondary N) is 1. The molecule has 1 N–H and O–H groups in total. The van der Waals surface area contributed by atoms with Crippen molar-refractivity contribution in [1.82, 2.24) is 43.4 Å². The van der Waals surface area contributed by atoms with E-state index in [9.17, 15) is 28.8 Å². The van der Waals surface area contributed by atoms with Gasteiger partial charge in [-0.25, -0.2) is 14.8 Å². The summed E-state index contributed by atoms with van der Waals surface area (Å²) in [5, 5.41) is 2.62. The predicted molar refractivity (Wildman–Crippen MR) is 212 cm³/mol. The zero-order valence-electron chi connectivity index (χ0n) is 32.8. The molecule has 3 aliphatic rings. The van der Waals surface area contributed by atoms with Crippen molar-refractivity contribution in [1.29, 1.82) is 0 Å². The summed E-state index contributed by atoms with van der Waals surface area (Å²) in [6, 6.07) is 6.03. The lowest BCUT2D eigenvalue weighted by Gasteiger charge is -2.32. The maximum Gasteiger partial charge on any atom is 0.329 e. The van der Waals surface area contributed by atoms with Gasteiger partial charge in [-0.05, 0) is 31.0 Å². The van der Waals surface area contributed by atoms with Crippen LogP contribution in [-0.4, -0.2) is 95.2 Å². The molecule has 2 fully saturated rings. The van der Waals surface area contributed by atoms with E-state index in [1.165, 1.54) is 51.3 Å². The van der Waals surface area contributed by atoms with Crippen LogP contribution < -0.4 is 35.7 Å². The number of aromatic nitrogens is 7. The fourth-order valence-electron chi connectivity index (χ4n) is 8.09. The highest BCUT2D eigenvalue weighted by Crippen LogP contribution is 2.36. The molecule has 308 valence electrons. The van der Waals surface area contributed by atoms with Crippen LogP contribution in [0.2, 0.25) is 5.02 Å². The summed E-state index contributed by atoms with van der Waals surface area (Å²) in [6.45, 7) is 1.26. The second kappa shape index (κ2) is 15.7. The molecule has 0 radical (unpaired) electrons. The molecule has 3 aliphatic heterocycles. The lowest BCUT2D eigenvalue weighted by atomic mass is 10.1. The number of hydrogen-bond donors (Lipinski definition) is 1. The minimum absolute atomic E-state index is 0.0427. The average molecular weight is 829 g/mol. The number of ether oxygens (including phenoxy) is 3. The Morgan fingerprint density at radius 3 is 2.53 bits per heavy atom. The third kappa shape index (κ3) is 7.08. The Morgan fingerprint density at radius 1 is 1.02 bits per heavy atom. The fraction of sp³-hybridized carbons (Fsp3) is 0.410. The number of methoxy groups -OCH3 is 2. The van der Waals surface area contributed by atoms with Gasteiger partial charge in [-0.2, -0.15) is 4.98 Å². The Bertz CT molecular complexity index is 2660. The van der Waals surface area contributed by atoms with E-state index in [-0.39, 0.29) is 72.7 Å². The molecular weight excluding hydrogens is 788 g/mol. The van der Waals surface area contributed by atoms with E-state index < -0.39 is 23.4 Å². The number of anilines is 1. The Hall–Kier alpha value is -6.50. The van der Waals surface area contributed by atoms with Crippen molar-refractivity contribution in [3.63, 3.8) is 0 Å². The zero-order chi connectivity index (χ0) is 41.7. The lowest BCUT2D eigenvalue weighted by molar-refractivity contribution is -0.136. The largest absolute Gasteiger partial charge is 0.488 e. The molecule has 4 amide bonds.